The van der Waals surface area contributed by atoms with Gasteiger partial charge in [0.25, 0.3) is 11.8 Å². The summed E-state index contributed by atoms with van der Waals surface area (Å²) in [6, 6.07) is 6.85. The second-order valence-electron chi connectivity index (χ2n) is 5.59. The fourth-order valence-corrected chi connectivity index (χ4v) is 2.84. The van der Waals surface area contributed by atoms with Gasteiger partial charge in [-0.3, -0.25) is 14.5 Å². The molecule has 3 rings (SSSR count). The predicted molar refractivity (Wildman–Crippen MR) is 75.0 cm³/mol. The molecule has 0 N–H and O–H groups in total. The summed E-state index contributed by atoms with van der Waals surface area (Å²) in [5.74, 6) is -1.50. The third-order valence-corrected chi connectivity index (χ3v) is 3.65. The maximum atomic E-state index is 12.4. The molecule has 0 radical (unpaired) electrons. The summed E-state index contributed by atoms with van der Waals surface area (Å²) >= 11 is 0. The molecule has 2 heterocycles. The Hall–Kier alpha value is -1.76. The predicted octanol–water partition coefficient (Wildman–Crippen LogP) is 0.587. The number of nitrogens with zero attached hydrogens (tertiary/aromatic N) is 2. The van der Waals surface area contributed by atoms with Crippen LogP contribution in [0.2, 0.25) is 0 Å². The molecule has 1 saturated heterocycles. The molecule has 2 amide bonds. The summed E-state index contributed by atoms with van der Waals surface area (Å²) in [5.41, 5.74) is 0.890. The van der Waals surface area contributed by atoms with Crippen LogP contribution in [0.1, 0.15) is 20.7 Å². The number of amides is 2. The van der Waals surface area contributed by atoms with Crippen LogP contribution < -0.4 is 0 Å². The Morgan fingerprint density at radius 1 is 1.10 bits per heavy atom. The van der Waals surface area contributed by atoms with Crippen molar-refractivity contribution in [2.24, 2.45) is 0 Å². The first-order valence-electron chi connectivity index (χ1n) is 6.90. The Morgan fingerprint density at radius 3 is 2.10 bits per heavy atom. The molecule has 6 heteroatoms. The average Bonchev–Trinajstić information content (AvgIpc) is 2.99. The second-order valence-corrected chi connectivity index (χ2v) is 5.59. The lowest BCUT2D eigenvalue weighted by atomic mass is 10.1. The van der Waals surface area contributed by atoms with Crippen LogP contribution in [0.4, 0.5) is 0 Å². The summed E-state index contributed by atoms with van der Waals surface area (Å²) in [7, 11) is 3.80. The van der Waals surface area contributed by atoms with E-state index in [1.54, 1.807) is 24.3 Å². The van der Waals surface area contributed by atoms with Gasteiger partial charge in [-0.05, 0) is 26.2 Å². The zero-order valence-electron chi connectivity index (χ0n) is 12.2. The molecule has 0 unspecified atom stereocenters. The fraction of sp³-hybridized carbons (Fsp3) is 0.467. The smallest absolute Gasteiger partial charge is 0.261 e. The van der Waals surface area contributed by atoms with E-state index in [1.165, 1.54) is 4.90 Å². The number of ether oxygens (including phenoxy) is 2. The second kappa shape index (κ2) is 5.22. The third-order valence-electron chi connectivity index (χ3n) is 3.65. The van der Waals surface area contributed by atoms with E-state index in [-0.39, 0.29) is 18.4 Å². The van der Waals surface area contributed by atoms with E-state index in [1.807, 2.05) is 19.0 Å². The Labute approximate surface area is 123 Å². The molecule has 1 aromatic carbocycles. The molecular formula is C15H18N2O4. The highest BCUT2D eigenvalue weighted by atomic mass is 16.7. The zero-order valence-corrected chi connectivity index (χ0v) is 12.2. The molecule has 1 fully saturated rings. The molecule has 21 heavy (non-hydrogen) atoms. The number of benzene rings is 1. The highest BCUT2D eigenvalue weighted by molar-refractivity contribution is 6.21. The minimum absolute atomic E-state index is 0.109. The molecule has 1 aromatic rings. The van der Waals surface area contributed by atoms with E-state index in [2.05, 4.69) is 0 Å². The lowest BCUT2D eigenvalue weighted by Gasteiger charge is -2.33. The largest absolute Gasteiger partial charge is 0.345 e. The minimum atomic E-state index is -0.934. The monoisotopic (exact) mass is 290 g/mol. The number of rotatable bonds is 4. The van der Waals surface area contributed by atoms with Crippen molar-refractivity contribution in [1.82, 2.24) is 9.80 Å². The van der Waals surface area contributed by atoms with Gasteiger partial charge >= 0.3 is 0 Å². The summed E-state index contributed by atoms with van der Waals surface area (Å²) in [5, 5.41) is 0. The van der Waals surface area contributed by atoms with E-state index >= 15 is 0 Å². The lowest BCUT2D eigenvalue weighted by Crippen LogP contribution is -2.51. The van der Waals surface area contributed by atoms with Crippen molar-refractivity contribution >= 4 is 11.8 Å². The van der Waals surface area contributed by atoms with Crippen molar-refractivity contribution in [1.29, 1.82) is 0 Å². The molecule has 2 aliphatic heterocycles. The van der Waals surface area contributed by atoms with Gasteiger partial charge in [0.1, 0.15) is 0 Å². The number of imide groups is 1. The van der Waals surface area contributed by atoms with Gasteiger partial charge in [-0.1, -0.05) is 12.1 Å². The van der Waals surface area contributed by atoms with E-state index < -0.39 is 5.79 Å². The summed E-state index contributed by atoms with van der Waals surface area (Å²) in [4.78, 5) is 27.9. The molecule has 2 aliphatic rings. The Balaban J connectivity index is 1.85. The lowest BCUT2D eigenvalue weighted by molar-refractivity contribution is -0.171. The van der Waals surface area contributed by atoms with Gasteiger partial charge in [0, 0.05) is 0 Å². The van der Waals surface area contributed by atoms with Gasteiger partial charge in [-0.2, -0.15) is 0 Å². The summed E-state index contributed by atoms with van der Waals surface area (Å²) in [6.45, 7) is 1.53. The number of fused-ring (bicyclic) bond motifs is 1. The van der Waals surface area contributed by atoms with Gasteiger partial charge in [-0.25, -0.2) is 0 Å². The van der Waals surface area contributed by atoms with Gasteiger partial charge in [0.2, 0.25) is 0 Å². The average molecular weight is 290 g/mol. The summed E-state index contributed by atoms with van der Waals surface area (Å²) < 4.78 is 11.4. The van der Waals surface area contributed by atoms with Crippen molar-refractivity contribution < 1.29 is 19.1 Å². The normalized spacial score (nSPS) is 20.4. The maximum absolute atomic E-state index is 12.4. The van der Waals surface area contributed by atoms with E-state index in [0.717, 1.165) is 0 Å². The van der Waals surface area contributed by atoms with E-state index in [4.69, 9.17) is 9.47 Å². The molecule has 0 bridgehead atoms. The molecule has 0 saturated carbocycles. The molecule has 0 aromatic heterocycles. The topological polar surface area (TPSA) is 59.1 Å². The minimum Gasteiger partial charge on any atom is -0.345 e. The van der Waals surface area contributed by atoms with Gasteiger partial charge in [-0.15, -0.1) is 0 Å². The number of hydrogen-bond donors (Lipinski definition) is 0. The Morgan fingerprint density at radius 2 is 1.62 bits per heavy atom. The quantitative estimate of drug-likeness (QED) is 0.760. The van der Waals surface area contributed by atoms with Crippen LogP contribution in [-0.2, 0) is 9.47 Å². The highest BCUT2D eigenvalue weighted by Crippen LogP contribution is 2.28. The Bertz CT molecular complexity index is 544. The van der Waals surface area contributed by atoms with Crippen molar-refractivity contribution in [3.8, 4) is 0 Å². The molecule has 112 valence electrons. The van der Waals surface area contributed by atoms with Gasteiger partial charge in [0.05, 0.1) is 37.4 Å². The van der Waals surface area contributed by atoms with Crippen LogP contribution >= 0.6 is 0 Å². The zero-order chi connectivity index (χ0) is 15.0. The van der Waals surface area contributed by atoms with Crippen LogP contribution in [0, 0.1) is 0 Å². The number of carbonyl (C=O) groups excluding carboxylic acids is 2. The molecule has 0 spiro atoms. The van der Waals surface area contributed by atoms with Crippen molar-refractivity contribution in [2.45, 2.75) is 5.79 Å². The first-order chi connectivity index (χ1) is 10.0. The first kappa shape index (κ1) is 14.2. The standard InChI is InChI=1S/C15H18N2O4/c1-16(2)9-15(20-7-8-21-15)10-17-13(18)11-5-3-4-6-12(11)14(17)19/h3-6H,7-10H2,1-2H3. The number of carbonyl (C=O) groups is 2. The van der Waals surface area contributed by atoms with Crippen molar-refractivity contribution in [2.75, 3.05) is 40.4 Å². The highest BCUT2D eigenvalue weighted by Gasteiger charge is 2.45. The van der Waals surface area contributed by atoms with Crippen LogP contribution in [0.25, 0.3) is 0 Å². The van der Waals surface area contributed by atoms with E-state index in [9.17, 15) is 9.59 Å². The van der Waals surface area contributed by atoms with Crippen molar-refractivity contribution in [3.63, 3.8) is 0 Å². The first-order valence-corrected chi connectivity index (χ1v) is 6.90. The molecule has 0 atom stereocenters. The van der Waals surface area contributed by atoms with Crippen LogP contribution in [0.5, 0.6) is 0 Å². The van der Waals surface area contributed by atoms with Gasteiger partial charge < -0.3 is 14.4 Å². The Kier molecular flexibility index (Phi) is 3.52. The van der Waals surface area contributed by atoms with Crippen LogP contribution in [0.3, 0.4) is 0 Å². The SMILES string of the molecule is CN(C)CC1(CN2C(=O)c3ccccc3C2=O)OCCO1. The third kappa shape index (κ3) is 2.46. The van der Waals surface area contributed by atoms with Crippen LogP contribution in [-0.4, -0.2) is 67.8 Å². The van der Waals surface area contributed by atoms with Gasteiger partial charge in [0.15, 0.2) is 5.79 Å². The van der Waals surface area contributed by atoms with E-state index in [0.29, 0.717) is 30.9 Å². The summed E-state index contributed by atoms with van der Waals surface area (Å²) in [6.07, 6.45) is 0. The van der Waals surface area contributed by atoms with Crippen LogP contribution in [0.15, 0.2) is 24.3 Å². The maximum Gasteiger partial charge on any atom is 0.261 e. The molecular weight excluding hydrogens is 272 g/mol. The number of hydrogen-bond acceptors (Lipinski definition) is 5. The number of likely N-dealkylation sites (N-methyl/N-ethyl adjacent to an activating group) is 1. The molecule has 0 aliphatic carbocycles. The fourth-order valence-electron chi connectivity index (χ4n) is 2.84. The molecule has 6 nitrogen and oxygen atoms in total. The van der Waals surface area contributed by atoms with Crippen molar-refractivity contribution in [3.05, 3.63) is 35.4 Å².